The SMILES string of the molecule is BCc1cccc([N+](=O)[O-])c1. The second-order valence-corrected chi connectivity index (χ2v) is 2.28. The lowest BCUT2D eigenvalue weighted by Gasteiger charge is -1.94. The molecule has 0 atom stereocenters. The van der Waals surface area contributed by atoms with Crippen molar-refractivity contribution in [3.05, 3.63) is 39.9 Å². The van der Waals surface area contributed by atoms with E-state index in [0.29, 0.717) is 0 Å². The summed E-state index contributed by atoms with van der Waals surface area (Å²) in [7, 11) is 1.97. The van der Waals surface area contributed by atoms with Gasteiger partial charge in [-0.25, -0.2) is 0 Å². The Hall–Kier alpha value is -1.32. The van der Waals surface area contributed by atoms with Gasteiger partial charge in [-0.15, -0.1) is 0 Å². The molecule has 56 valence electrons. The molecule has 0 aliphatic heterocycles. The van der Waals surface area contributed by atoms with E-state index in [1.54, 1.807) is 12.1 Å². The molecular formula is C7H8BNO2. The van der Waals surface area contributed by atoms with Crippen LogP contribution in [0.5, 0.6) is 0 Å². The van der Waals surface area contributed by atoms with E-state index in [1.165, 1.54) is 6.07 Å². The normalized spacial score (nSPS) is 9.45. The predicted octanol–water partition coefficient (Wildman–Crippen LogP) is 0.728. The van der Waals surface area contributed by atoms with Gasteiger partial charge in [-0.3, -0.25) is 10.1 Å². The van der Waals surface area contributed by atoms with Crippen LogP contribution >= 0.6 is 0 Å². The minimum Gasteiger partial charge on any atom is -0.258 e. The van der Waals surface area contributed by atoms with Crippen molar-refractivity contribution in [2.75, 3.05) is 0 Å². The second kappa shape index (κ2) is 3.19. The van der Waals surface area contributed by atoms with E-state index in [9.17, 15) is 10.1 Å². The van der Waals surface area contributed by atoms with Crippen LogP contribution in [0.3, 0.4) is 0 Å². The summed E-state index contributed by atoms with van der Waals surface area (Å²) in [6.45, 7) is 0. The first-order valence-electron chi connectivity index (χ1n) is 3.47. The summed E-state index contributed by atoms with van der Waals surface area (Å²) in [6.07, 6.45) is 0.835. The van der Waals surface area contributed by atoms with E-state index in [2.05, 4.69) is 0 Å². The topological polar surface area (TPSA) is 43.1 Å². The molecule has 1 aromatic carbocycles. The zero-order valence-corrected chi connectivity index (χ0v) is 6.28. The molecule has 0 heterocycles. The third-order valence-corrected chi connectivity index (χ3v) is 1.53. The zero-order valence-electron chi connectivity index (χ0n) is 6.28. The Morgan fingerprint density at radius 2 is 2.27 bits per heavy atom. The molecule has 0 aromatic heterocycles. The van der Waals surface area contributed by atoms with E-state index in [1.807, 2.05) is 13.9 Å². The Labute approximate surface area is 65.6 Å². The van der Waals surface area contributed by atoms with E-state index in [0.717, 1.165) is 11.9 Å². The van der Waals surface area contributed by atoms with E-state index < -0.39 is 0 Å². The second-order valence-electron chi connectivity index (χ2n) is 2.28. The monoisotopic (exact) mass is 149 g/mol. The summed E-state index contributed by atoms with van der Waals surface area (Å²) in [5, 5.41) is 10.3. The third-order valence-electron chi connectivity index (χ3n) is 1.53. The summed E-state index contributed by atoms with van der Waals surface area (Å²) in [5.74, 6) is 0. The molecule has 1 aromatic rings. The Kier molecular flexibility index (Phi) is 2.26. The van der Waals surface area contributed by atoms with Crippen molar-refractivity contribution in [2.24, 2.45) is 0 Å². The minimum absolute atomic E-state index is 0.171. The third kappa shape index (κ3) is 1.80. The first-order chi connectivity index (χ1) is 5.24. The van der Waals surface area contributed by atoms with Gasteiger partial charge >= 0.3 is 0 Å². The summed E-state index contributed by atoms with van der Waals surface area (Å²) in [5.41, 5.74) is 1.17. The molecule has 0 unspecified atom stereocenters. The number of hydrogen-bond acceptors (Lipinski definition) is 2. The van der Waals surface area contributed by atoms with Gasteiger partial charge in [-0.2, -0.15) is 0 Å². The van der Waals surface area contributed by atoms with Crippen molar-refractivity contribution in [1.82, 2.24) is 0 Å². The lowest BCUT2D eigenvalue weighted by atomic mass is 9.97. The maximum atomic E-state index is 10.3. The fourth-order valence-corrected chi connectivity index (χ4v) is 0.890. The molecule has 0 amide bonds. The molecule has 3 nitrogen and oxygen atoms in total. The highest BCUT2D eigenvalue weighted by atomic mass is 16.6. The summed E-state index contributed by atoms with van der Waals surface area (Å²) >= 11 is 0. The molecule has 0 radical (unpaired) electrons. The number of nitrogens with zero attached hydrogens (tertiary/aromatic N) is 1. The van der Waals surface area contributed by atoms with Crippen LogP contribution in [0.25, 0.3) is 0 Å². The molecule has 1 rings (SSSR count). The molecule has 0 fully saturated rings. The van der Waals surface area contributed by atoms with Gasteiger partial charge in [0.2, 0.25) is 0 Å². The maximum absolute atomic E-state index is 10.3. The summed E-state index contributed by atoms with van der Waals surface area (Å²) < 4.78 is 0. The standard InChI is InChI=1S/C7H8BNO2/c8-5-6-2-1-3-7(4-6)9(10)11/h1-4H,5,8H2. The zero-order chi connectivity index (χ0) is 8.27. The van der Waals surface area contributed by atoms with Gasteiger partial charge in [0.05, 0.1) is 4.92 Å². The van der Waals surface area contributed by atoms with E-state index >= 15 is 0 Å². The lowest BCUT2D eigenvalue weighted by molar-refractivity contribution is -0.384. The van der Waals surface area contributed by atoms with Crippen LogP contribution in [-0.4, -0.2) is 12.8 Å². The van der Waals surface area contributed by atoms with E-state index in [4.69, 9.17) is 0 Å². The molecule has 4 heteroatoms. The number of rotatable bonds is 2. The van der Waals surface area contributed by atoms with Crippen molar-refractivity contribution in [3.8, 4) is 0 Å². The van der Waals surface area contributed by atoms with Crippen molar-refractivity contribution < 1.29 is 4.92 Å². The Bertz CT molecular complexity index is 275. The molecule has 0 aliphatic carbocycles. The maximum Gasteiger partial charge on any atom is 0.269 e. The van der Waals surface area contributed by atoms with Crippen LogP contribution in [-0.2, 0) is 6.32 Å². The van der Waals surface area contributed by atoms with E-state index in [-0.39, 0.29) is 10.6 Å². The molecule has 11 heavy (non-hydrogen) atoms. The van der Waals surface area contributed by atoms with Gasteiger partial charge in [-0.1, -0.05) is 18.5 Å². The van der Waals surface area contributed by atoms with Crippen molar-refractivity contribution in [1.29, 1.82) is 0 Å². The summed E-state index contributed by atoms with van der Waals surface area (Å²) in [6, 6.07) is 6.68. The quantitative estimate of drug-likeness (QED) is 0.353. The highest BCUT2D eigenvalue weighted by molar-refractivity contribution is 6.08. The smallest absolute Gasteiger partial charge is 0.258 e. The van der Waals surface area contributed by atoms with Crippen molar-refractivity contribution >= 4 is 13.5 Å². The highest BCUT2D eigenvalue weighted by Gasteiger charge is 2.03. The number of nitro groups is 1. The minimum atomic E-state index is -0.376. The van der Waals surface area contributed by atoms with Gasteiger partial charge in [-0.05, 0) is 5.56 Å². The highest BCUT2D eigenvalue weighted by Crippen LogP contribution is 2.12. The average Bonchev–Trinajstić information content (AvgIpc) is 2.05. The van der Waals surface area contributed by atoms with Crippen LogP contribution in [0.4, 0.5) is 5.69 Å². The van der Waals surface area contributed by atoms with Crippen molar-refractivity contribution in [3.63, 3.8) is 0 Å². The van der Waals surface area contributed by atoms with Gasteiger partial charge in [0, 0.05) is 12.1 Å². The van der Waals surface area contributed by atoms with Gasteiger partial charge in [0.25, 0.3) is 5.69 Å². The first-order valence-corrected chi connectivity index (χ1v) is 3.47. The van der Waals surface area contributed by atoms with Crippen LogP contribution in [0.15, 0.2) is 24.3 Å². The average molecular weight is 149 g/mol. The van der Waals surface area contributed by atoms with Gasteiger partial charge in [0.15, 0.2) is 0 Å². The van der Waals surface area contributed by atoms with Crippen LogP contribution < -0.4 is 0 Å². The van der Waals surface area contributed by atoms with Crippen LogP contribution in [0.2, 0.25) is 0 Å². The molecule has 0 saturated carbocycles. The number of non-ortho nitro benzene ring substituents is 1. The number of benzene rings is 1. The van der Waals surface area contributed by atoms with Gasteiger partial charge < -0.3 is 0 Å². The molecule has 0 saturated heterocycles. The Morgan fingerprint density at radius 3 is 2.82 bits per heavy atom. The number of hydrogen-bond donors (Lipinski definition) is 0. The fourth-order valence-electron chi connectivity index (χ4n) is 0.890. The Morgan fingerprint density at radius 1 is 1.55 bits per heavy atom. The lowest BCUT2D eigenvalue weighted by Crippen LogP contribution is -1.89. The van der Waals surface area contributed by atoms with Gasteiger partial charge in [0.1, 0.15) is 7.85 Å². The van der Waals surface area contributed by atoms with Crippen LogP contribution in [0, 0.1) is 10.1 Å². The first kappa shape index (κ1) is 7.79. The Balaban J connectivity index is 3.01. The number of nitro benzene ring substituents is 1. The van der Waals surface area contributed by atoms with Crippen LogP contribution in [0.1, 0.15) is 5.56 Å². The molecular weight excluding hydrogens is 141 g/mol. The predicted molar refractivity (Wildman–Crippen MR) is 45.3 cm³/mol. The molecule has 0 spiro atoms. The molecule has 0 bridgehead atoms. The fraction of sp³-hybridized carbons (Fsp3) is 0.143. The van der Waals surface area contributed by atoms with Crippen molar-refractivity contribution in [2.45, 2.75) is 6.32 Å². The molecule has 0 N–H and O–H groups in total. The largest absolute Gasteiger partial charge is 0.269 e. The molecule has 0 aliphatic rings. The summed E-state index contributed by atoms with van der Waals surface area (Å²) in [4.78, 5) is 9.90.